The molecule has 98 valence electrons. The number of aliphatic hydroxyl groups excluding tert-OH is 1. The van der Waals surface area contributed by atoms with E-state index in [0.717, 1.165) is 30.5 Å². The van der Waals surface area contributed by atoms with E-state index < -0.39 is 0 Å². The van der Waals surface area contributed by atoms with Gasteiger partial charge < -0.3 is 10.0 Å². The number of hydrogen-bond donors (Lipinski definition) is 1. The lowest BCUT2D eigenvalue weighted by molar-refractivity contribution is -0.118. The quantitative estimate of drug-likeness (QED) is 0.888. The number of nitrogens with zero attached hydrogens (tertiary/aromatic N) is 1. The molecule has 1 unspecified atom stereocenters. The van der Waals surface area contributed by atoms with Crippen LogP contribution in [0.5, 0.6) is 0 Å². The first-order chi connectivity index (χ1) is 8.67. The van der Waals surface area contributed by atoms with Crippen molar-refractivity contribution in [3.8, 4) is 0 Å². The highest BCUT2D eigenvalue weighted by molar-refractivity contribution is 5.96. The van der Waals surface area contributed by atoms with E-state index in [9.17, 15) is 9.90 Å². The van der Waals surface area contributed by atoms with Crippen LogP contribution in [0.25, 0.3) is 0 Å². The van der Waals surface area contributed by atoms with Gasteiger partial charge >= 0.3 is 0 Å². The predicted octanol–water partition coefficient (Wildman–Crippen LogP) is 2.82. The summed E-state index contributed by atoms with van der Waals surface area (Å²) in [6.07, 6.45) is 2.74. The third-order valence-electron chi connectivity index (χ3n) is 3.57. The summed E-state index contributed by atoms with van der Waals surface area (Å²) in [5.74, 6) is 0.201. The zero-order valence-electron chi connectivity index (χ0n) is 11.1. The van der Waals surface area contributed by atoms with Crippen molar-refractivity contribution in [1.29, 1.82) is 0 Å². The van der Waals surface area contributed by atoms with Gasteiger partial charge in [-0.15, -0.1) is 0 Å². The van der Waals surface area contributed by atoms with Crippen molar-refractivity contribution in [3.63, 3.8) is 0 Å². The fourth-order valence-corrected chi connectivity index (χ4v) is 2.57. The summed E-state index contributed by atoms with van der Waals surface area (Å²) in [5, 5.41) is 10.0. The number of anilines is 1. The van der Waals surface area contributed by atoms with E-state index in [-0.39, 0.29) is 12.0 Å². The summed E-state index contributed by atoms with van der Waals surface area (Å²) in [4.78, 5) is 13.6. The average Bonchev–Trinajstić information content (AvgIpc) is 2.38. The normalized spacial score (nSPS) is 16.6. The van der Waals surface area contributed by atoms with Gasteiger partial charge in [-0.1, -0.05) is 25.5 Å². The van der Waals surface area contributed by atoms with Gasteiger partial charge in [-0.25, -0.2) is 0 Å². The molecule has 1 aliphatic heterocycles. The summed E-state index contributed by atoms with van der Waals surface area (Å²) in [7, 11) is 0. The standard InChI is InChI=1S/C15H21NO2/c1-3-5-14(17)12-6-8-13-11(10-12)7-9-15(18)16(13)4-2/h6,8,10,14,17H,3-5,7,9H2,1-2H3. The number of aliphatic hydroxyl groups is 1. The SMILES string of the molecule is CCCC(O)c1ccc2c(c1)CCC(=O)N2CC. The molecule has 0 saturated carbocycles. The van der Waals surface area contributed by atoms with Crippen molar-refractivity contribution in [3.05, 3.63) is 29.3 Å². The van der Waals surface area contributed by atoms with Crippen molar-refractivity contribution in [2.45, 2.75) is 45.6 Å². The van der Waals surface area contributed by atoms with Crippen molar-refractivity contribution in [2.75, 3.05) is 11.4 Å². The summed E-state index contributed by atoms with van der Waals surface area (Å²) in [6, 6.07) is 5.98. The fraction of sp³-hybridized carbons (Fsp3) is 0.533. The molecule has 0 aliphatic carbocycles. The molecule has 1 amide bonds. The average molecular weight is 247 g/mol. The van der Waals surface area contributed by atoms with Gasteiger partial charge in [-0.2, -0.15) is 0 Å². The number of amides is 1. The lowest BCUT2D eigenvalue weighted by Gasteiger charge is -2.29. The second-order valence-electron chi connectivity index (χ2n) is 4.83. The van der Waals surface area contributed by atoms with Gasteiger partial charge in [0.1, 0.15) is 0 Å². The highest BCUT2D eigenvalue weighted by Gasteiger charge is 2.23. The Morgan fingerprint density at radius 2 is 2.11 bits per heavy atom. The topological polar surface area (TPSA) is 40.5 Å². The van der Waals surface area contributed by atoms with Crippen molar-refractivity contribution >= 4 is 11.6 Å². The number of carbonyl (C=O) groups excluding carboxylic acids is 1. The molecule has 0 bridgehead atoms. The van der Waals surface area contributed by atoms with E-state index in [1.165, 1.54) is 5.56 Å². The maximum Gasteiger partial charge on any atom is 0.227 e. The van der Waals surface area contributed by atoms with Crippen LogP contribution in [-0.4, -0.2) is 17.6 Å². The van der Waals surface area contributed by atoms with Gasteiger partial charge in [0.15, 0.2) is 0 Å². The molecular formula is C15H21NO2. The minimum absolute atomic E-state index is 0.201. The third-order valence-corrected chi connectivity index (χ3v) is 3.57. The molecule has 3 heteroatoms. The van der Waals surface area contributed by atoms with Gasteiger partial charge in [0, 0.05) is 18.7 Å². The lowest BCUT2D eigenvalue weighted by Crippen LogP contribution is -2.34. The van der Waals surface area contributed by atoms with E-state index in [2.05, 4.69) is 13.0 Å². The Morgan fingerprint density at radius 3 is 2.78 bits per heavy atom. The lowest BCUT2D eigenvalue weighted by atomic mass is 9.95. The van der Waals surface area contributed by atoms with Crippen molar-refractivity contribution in [2.24, 2.45) is 0 Å². The molecule has 1 heterocycles. The molecule has 1 aromatic carbocycles. The van der Waals surface area contributed by atoms with Crippen LogP contribution in [0.3, 0.4) is 0 Å². The summed E-state index contributed by atoms with van der Waals surface area (Å²) >= 11 is 0. The second kappa shape index (κ2) is 5.53. The first-order valence-corrected chi connectivity index (χ1v) is 6.78. The van der Waals surface area contributed by atoms with E-state index in [0.29, 0.717) is 13.0 Å². The Balaban J connectivity index is 2.30. The van der Waals surface area contributed by atoms with Crippen LogP contribution in [0.1, 0.15) is 50.3 Å². The van der Waals surface area contributed by atoms with Gasteiger partial charge in [-0.05, 0) is 37.0 Å². The van der Waals surface area contributed by atoms with Crippen molar-refractivity contribution < 1.29 is 9.90 Å². The third kappa shape index (κ3) is 2.41. The number of benzene rings is 1. The summed E-state index contributed by atoms with van der Waals surface area (Å²) in [6.45, 7) is 4.77. The van der Waals surface area contributed by atoms with Crippen LogP contribution in [0.4, 0.5) is 5.69 Å². The minimum Gasteiger partial charge on any atom is -0.388 e. The largest absolute Gasteiger partial charge is 0.388 e. The molecule has 0 spiro atoms. The smallest absolute Gasteiger partial charge is 0.227 e. The first-order valence-electron chi connectivity index (χ1n) is 6.78. The number of fused-ring (bicyclic) bond motifs is 1. The minimum atomic E-state index is -0.381. The molecule has 0 radical (unpaired) electrons. The Bertz CT molecular complexity index is 442. The van der Waals surface area contributed by atoms with Gasteiger partial charge in [0.2, 0.25) is 5.91 Å². The second-order valence-corrected chi connectivity index (χ2v) is 4.83. The molecule has 1 atom stereocenters. The summed E-state index contributed by atoms with van der Waals surface area (Å²) in [5.41, 5.74) is 3.17. The molecule has 0 saturated heterocycles. The Morgan fingerprint density at radius 1 is 1.33 bits per heavy atom. The van der Waals surface area contributed by atoms with Crippen LogP contribution in [0.15, 0.2) is 18.2 Å². The van der Waals surface area contributed by atoms with Crippen molar-refractivity contribution in [1.82, 2.24) is 0 Å². The molecule has 3 nitrogen and oxygen atoms in total. The zero-order chi connectivity index (χ0) is 13.1. The van der Waals surface area contributed by atoms with Crippen LogP contribution < -0.4 is 4.90 Å². The van der Waals surface area contributed by atoms with Gasteiger partial charge in [-0.3, -0.25) is 4.79 Å². The van der Waals surface area contributed by atoms with Gasteiger partial charge in [0.05, 0.1) is 6.10 Å². The number of aryl methyl sites for hydroxylation is 1. The molecule has 2 rings (SSSR count). The molecular weight excluding hydrogens is 226 g/mol. The molecule has 0 fully saturated rings. The monoisotopic (exact) mass is 247 g/mol. The number of carbonyl (C=O) groups is 1. The Labute approximate surface area is 108 Å². The number of rotatable bonds is 4. The van der Waals surface area contributed by atoms with E-state index >= 15 is 0 Å². The predicted molar refractivity (Wildman–Crippen MR) is 72.7 cm³/mol. The molecule has 1 aliphatic rings. The zero-order valence-corrected chi connectivity index (χ0v) is 11.1. The Hall–Kier alpha value is -1.35. The highest BCUT2D eigenvalue weighted by Crippen LogP contribution is 2.31. The van der Waals surface area contributed by atoms with Crippen LogP contribution in [0.2, 0.25) is 0 Å². The fourth-order valence-electron chi connectivity index (χ4n) is 2.57. The van der Waals surface area contributed by atoms with Gasteiger partial charge in [0.25, 0.3) is 0 Å². The molecule has 18 heavy (non-hydrogen) atoms. The first kappa shape index (κ1) is 13.1. The molecule has 1 aromatic rings. The van der Waals surface area contributed by atoms with E-state index in [4.69, 9.17) is 0 Å². The maximum atomic E-state index is 11.8. The van der Waals surface area contributed by atoms with Crippen LogP contribution in [-0.2, 0) is 11.2 Å². The van der Waals surface area contributed by atoms with E-state index in [1.807, 2.05) is 24.0 Å². The molecule has 0 aromatic heterocycles. The van der Waals surface area contributed by atoms with E-state index in [1.54, 1.807) is 0 Å². The number of hydrogen-bond acceptors (Lipinski definition) is 2. The maximum absolute atomic E-state index is 11.8. The highest BCUT2D eigenvalue weighted by atomic mass is 16.3. The Kier molecular flexibility index (Phi) is 4.02. The van der Waals surface area contributed by atoms with Crippen LogP contribution in [0, 0.1) is 0 Å². The van der Waals surface area contributed by atoms with Crippen LogP contribution >= 0.6 is 0 Å². The molecule has 1 N–H and O–H groups in total. The summed E-state index contributed by atoms with van der Waals surface area (Å²) < 4.78 is 0.